The highest BCUT2D eigenvalue weighted by molar-refractivity contribution is 6.05. The number of ether oxygens (including phenoxy) is 1. The summed E-state index contributed by atoms with van der Waals surface area (Å²) in [6, 6.07) is 10.2. The molecule has 0 fully saturated rings. The van der Waals surface area contributed by atoms with E-state index in [1.54, 1.807) is 32.0 Å². The van der Waals surface area contributed by atoms with Gasteiger partial charge in [0, 0.05) is 23.4 Å². The largest absolute Gasteiger partial charge is 0.462 e. The summed E-state index contributed by atoms with van der Waals surface area (Å²) in [4.78, 5) is 34.2. The zero-order valence-corrected chi connectivity index (χ0v) is 13.2. The van der Waals surface area contributed by atoms with Crippen molar-refractivity contribution in [3.8, 4) is 0 Å². The van der Waals surface area contributed by atoms with Crippen LogP contribution in [-0.4, -0.2) is 23.4 Å². The van der Waals surface area contributed by atoms with Crippen LogP contribution in [-0.2, 0) is 4.74 Å². The molecule has 0 bridgehead atoms. The predicted molar refractivity (Wildman–Crippen MR) is 88.2 cm³/mol. The molecule has 7 heteroatoms. The number of rotatable bonds is 5. The van der Waals surface area contributed by atoms with Gasteiger partial charge in [-0.05, 0) is 43.7 Å². The van der Waals surface area contributed by atoms with Crippen LogP contribution in [0.4, 0.5) is 11.4 Å². The smallest absolute Gasteiger partial charge is 0.338 e. The van der Waals surface area contributed by atoms with Crippen molar-refractivity contribution in [2.24, 2.45) is 0 Å². The first-order valence-corrected chi connectivity index (χ1v) is 7.26. The maximum absolute atomic E-state index is 12.3. The number of nitro benzene ring substituents is 1. The SMILES string of the molecule is CCOC(=O)c1cccc(NC(=O)c2ccc([N+](=O)[O-])cc2)c1C. The fourth-order valence-corrected chi connectivity index (χ4v) is 2.13. The molecule has 0 atom stereocenters. The molecule has 2 aromatic rings. The van der Waals surface area contributed by atoms with Gasteiger partial charge in [0.1, 0.15) is 0 Å². The van der Waals surface area contributed by atoms with Gasteiger partial charge in [-0.25, -0.2) is 4.79 Å². The lowest BCUT2D eigenvalue weighted by Gasteiger charge is -2.12. The molecule has 0 heterocycles. The summed E-state index contributed by atoms with van der Waals surface area (Å²) in [5.74, 6) is -0.879. The van der Waals surface area contributed by atoms with E-state index in [1.807, 2.05) is 0 Å². The van der Waals surface area contributed by atoms with Crippen molar-refractivity contribution in [1.29, 1.82) is 0 Å². The summed E-state index contributed by atoms with van der Waals surface area (Å²) in [5, 5.41) is 13.3. The lowest BCUT2D eigenvalue weighted by molar-refractivity contribution is -0.384. The van der Waals surface area contributed by atoms with Crippen molar-refractivity contribution < 1.29 is 19.2 Å². The summed E-state index contributed by atoms with van der Waals surface area (Å²) in [6.45, 7) is 3.68. The number of carbonyl (C=O) groups is 2. The number of benzene rings is 2. The third kappa shape index (κ3) is 3.75. The van der Waals surface area contributed by atoms with Crippen molar-refractivity contribution in [2.75, 3.05) is 11.9 Å². The fourth-order valence-electron chi connectivity index (χ4n) is 2.13. The lowest BCUT2D eigenvalue weighted by atomic mass is 10.1. The Morgan fingerprint density at radius 3 is 2.42 bits per heavy atom. The first-order valence-electron chi connectivity index (χ1n) is 7.26. The van der Waals surface area contributed by atoms with Gasteiger partial charge in [0.15, 0.2) is 0 Å². The van der Waals surface area contributed by atoms with Gasteiger partial charge in [0.2, 0.25) is 0 Å². The number of hydrogen-bond acceptors (Lipinski definition) is 5. The average Bonchev–Trinajstić information content (AvgIpc) is 2.57. The molecule has 1 amide bonds. The van der Waals surface area contributed by atoms with Crippen LogP contribution in [0, 0.1) is 17.0 Å². The van der Waals surface area contributed by atoms with E-state index >= 15 is 0 Å². The van der Waals surface area contributed by atoms with Crippen LogP contribution in [0.3, 0.4) is 0 Å². The number of hydrogen-bond donors (Lipinski definition) is 1. The van der Waals surface area contributed by atoms with Crippen molar-refractivity contribution in [1.82, 2.24) is 0 Å². The van der Waals surface area contributed by atoms with E-state index in [4.69, 9.17) is 4.74 Å². The highest BCUT2D eigenvalue weighted by atomic mass is 16.6. The van der Waals surface area contributed by atoms with Gasteiger partial charge in [-0.2, -0.15) is 0 Å². The second-order valence-electron chi connectivity index (χ2n) is 4.96. The third-order valence-electron chi connectivity index (χ3n) is 3.42. The highest BCUT2D eigenvalue weighted by Crippen LogP contribution is 2.21. The minimum absolute atomic E-state index is 0.0907. The minimum Gasteiger partial charge on any atom is -0.462 e. The number of non-ortho nitro benzene ring substituents is 1. The Hall–Kier alpha value is -3.22. The van der Waals surface area contributed by atoms with Crippen LogP contribution in [0.15, 0.2) is 42.5 Å². The summed E-state index contributed by atoms with van der Waals surface area (Å²) < 4.78 is 4.97. The van der Waals surface area contributed by atoms with Crippen molar-refractivity contribution in [3.05, 3.63) is 69.3 Å². The molecule has 2 rings (SSSR count). The van der Waals surface area contributed by atoms with E-state index in [1.165, 1.54) is 24.3 Å². The summed E-state index contributed by atoms with van der Waals surface area (Å²) >= 11 is 0. The van der Waals surface area contributed by atoms with E-state index in [-0.39, 0.29) is 17.9 Å². The Morgan fingerprint density at radius 2 is 1.83 bits per heavy atom. The van der Waals surface area contributed by atoms with E-state index in [0.29, 0.717) is 16.8 Å². The summed E-state index contributed by atoms with van der Waals surface area (Å²) in [6.07, 6.45) is 0. The van der Waals surface area contributed by atoms with Crippen LogP contribution >= 0.6 is 0 Å². The molecule has 0 aromatic heterocycles. The number of anilines is 1. The number of carbonyl (C=O) groups excluding carboxylic acids is 2. The molecule has 0 saturated carbocycles. The van der Waals surface area contributed by atoms with E-state index in [2.05, 4.69) is 5.32 Å². The van der Waals surface area contributed by atoms with Gasteiger partial charge in [0.05, 0.1) is 17.1 Å². The Balaban J connectivity index is 2.21. The molecule has 0 spiro atoms. The number of esters is 1. The third-order valence-corrected chi connectivity index (χ3v) is 3.42. The lowest BCUT2D eigenvalue weighted by Crippen LogP contribution is -2.14. The second kappa shape index (κ2) is 7.36. The molecule has 0 aliphatic heterocycles. The standard InChI is InChI=1S/C17H16N2O5/c1-3-24-17(21)14-5-4-6-15(11(14)2)18-16(20)12-7-9-13(10-8-12)19(22)23/h4-10H,3H2,1-2H3,(H,18,20). The number of nitro groups is 1. The summed E-state index contributed by atoms with van der Waals surface area (Å²) in [5.41, 5.74) is 1.63. The Bertz CT molecular complexity index is 784. The molecule has 2 aromatic carbocycles. The van der Waals surface area contributed by atoms with Crippen LogP contribution in [0.25, 0.3) is 0 Å². The van der Waals surface area contributed by atoms with Crippen molar-refractivity contribution in [2.45, 2.75) is 13.8 Å². The fraction of sp³-hybridized carbons (Fsp3) is 0.176. The zero-order valence-electron chi connectivity index (χ0n) is 13.2. The normalized spacial score (nSPS) is 10.1. The molecule has 0 radical (unpaired) electrons. The Kier molecular flexibility index (Phi) is 5.26. The topological polar surface area (TPSA) is 98.5 Å². The van der Waals surface area contributed by atoms with Crippen molar-refractivity contribution >= 4 is 23.3 Å². The molecular weight excluding hydrogens is 312 g/mol. The van der Waals surface area contributed by atoms with E-state index < -0.39 is 16.8 Å². The Morgan fingerprint density at radius 1 is 1.17 bits per heavy atom. The monoisotopic (exact) mass is 328 g/mol. The zero-order chi connectivity index (χ0) is 17.7. The van der Waals surface area contributed by atoms with Crippen LogP contribution in [0.5, 0.6) is 0 Å². The van der Waals surface area contributed by atoms with Crippen LogP contribution in [0.1, 0.15) is 33.2 Å². The van der Waals surface area contributed by atoms with Gasteiger partial charge in [-0.15, -0.1) is 0 Å². The predicted octanol–water partition coefficient (Wildman–Crippen LogP) is 3.33. The minimum atomic E-state index is -0.533. The van der Waals surface area contributed by atoms with Gasteiger partial charge >= 0.3 is 5.97 Å². The molecule has 1 N–H and O–H groups in total. The molecule has 0 aliphatic carbocycles. The molecule has 124 valence electrons. The second-order valence-corrected chi connectivity index (χ2v) is 4.96. The van der Waals surface area contributed by atoms with Gasteiger partial charge in [0.25, 0.3) is 11.6 Å². The van der Waals surface area contributed by atoms with Gasteiger partial charge in [-0.3, -0.25) is 14.9 Å². The Labute approximate surface area is 138 Å². The first-order chi connectivity index (χ1) is 11.4. The van der Waals surface area contributed by atoms with Crippen LogP contribution < -0.4 is 5.32 Å². The van der Waals surface area contributed by atoms with Crippen molar-refractivity contribution in [3.63, 3.8) is 0 Å². The number of amides is 1. The van der Waals surface area contributed by atoms with Crippen LogP contribution in [0.2, 0.25) is 0 Å². The maximum Gasteiger partial charge on any atom is 0.338 e. The number of nitrogens with one attached hydrogen (secondary N) is 1. The van der Waals surface area contributed by atoms with E-state index in [0.717, 1.165) is 0 Å². The van der Waals surface area contributed by atoms with Gasteiger partial charge < -0.3 is 10.1 Å². The molecule has 24 heavy (non-hydrogen) atoms. The van der Waals surface area contributed by atoms with Gasteiger partial charge in [-0.1, -0.05) is 6.07 Å². The molecular formula is C17H16N2O5. The maximum atomic E-state index is 12.3. The quantitative estimate of drug-likeness (QED) is 0.515. The molecule has 7 nitrogen and oxygen atoms in total. The molecule has 0 saturated heterocycles. The highest BCUT2D eigenvalue weighted by Gasteiger charge is 2.15. The number of nitrogens with zero attached hydrogens (tertiary/aromatic N) is 1. The van der Waals surface area contributed by atoms with E-state index in [9.17, 15) is 19.7 Å². The summed E-state index contributed by atoms with van der Waals surface area (Å²) in [7, 11) is 0. The average molecular weight is 328 g/mol. The molecule has 0 unspecified atom stereocenters. The molecule has 0 aliphatic rings. The first kappa shape index (κ1) is 17.1.